The molecule has 0 radical (unpaired) electrons. The Morgan fingerprint density at radius 3 is 2.10 bits per heavy atom. The van der Waals surface area contributed by atoms with Crippen LogP contribution in [0.2, 0.25) is 0 Å². The fourth-order valence-corrected chi connectivity index (χ4v) is 1.79. The summed E-state index contributed by atoms with van der Waals surface area (Å²) in [7, 11) is 0. The standard InChI is InChI=1S/C15H24N2O4/c1-15(2,3)21-14(20)16-12-4-6-13(7-5-12)17(8-10-18)9-11-19/h4-7,18-19H,8-11H2,1-3H3,(H,16,20). The van der Waals surface area contributed by atoms with Crippen LogP contribution >= 0.6 is 0 Å². The summed E-state index contributed by atoms with van der Waals surface area (Å²) >= 11 is 0. The molecule has 6 nitrogen and oxygen atoms in total. The average molecular weight is 296 g/mol. The van der Waals surface area contributed by atoms with Gasteiger partial charge in [-0.05, 0) is 45.0 Å². The van der Waals surface area contributed by atoms with Gasteiger partial charge in [-0.1, -0.05) is 0 Å². The molecule has 0 aromatic heterocycles. The number of carbonyl (C=O) groups excluding carboxylic acids is 1. The maximum Gasteiger partial charge on any atom is 0.412 e. The molecule has 0 saturated heterocycles. The van der Waals surface area contributed by atoms with Crippen LogP contribution in [0, 0.1) is 0 Å². The quantitative estimate of drug-likeness (QED) is 0.746. The number of nitrogens with zero attached hydrogens (tertiary/aromatic N) is 1. The second kappa shape index (κ2) is 7.85. The van der Waals surface area contributed by atoms with E-state index in [2.05, 4.69) is 5.32 Å². The monoisotopic (exact) mass is 296 g/mol. The average Bonchev–Trinajstić information content (AvgIpc) is 2.37. The molecule has 0 heterocycles. The fraction of sp³-hybridized carbons (Fsp3) is 0.533. The summed E-state index contributed by atoms with van der Waals surface area (Å²) in [6.07, 6.45) is -0.502. The van der Waals surface area contributed by atoms with Gasteiger partial charge in [0, 0.05) is 24.5 Å². The first kappa shape index (κ1) is 17.3. The number of aliphatic hydroxyl groups is 2. The first-order valence-electron chi connectivity index (χ1n) is 6.92. The number of anilines is 2. The van der Waals surface area contributed by atoms with E-state index in [1.165, 1.54) is 0 Å². The minimum absolute atomic E-state index is 0.0118. The van der Waals surface area contributed by atoms with E-state index in [1.807, 2.05) is 17.0 Å². The van der Waals surface area contributed by atoms with Gasteiger partial charge in [-0.3, -0.25) is 5.32 Å². The number of aliphatic hydroxyl groups excluding tert-OH is 2. The van der Waals surface area contributed by atoms with Crippen LogP contribution in [-0.4, -0.2) is 48.2 Å². The van der Waals surface area contributed by atoms with Gasteiger partial charge in [0.15, 0.2) is 0 Å². The summed E-state index contributed by atoms with van der Waals surface area (Å²) < 4.78 is 5.17. The minimum atomic E-state index is -0.539. The largest absolute Gasteiger partial charge is 0.444 e. The molecule has 118 valence electrons. The first-order valence-corrected chi connectivity index (χ1v) is 6.92. The Bertz CT molecular complexity index is 434. The van der Waals surface area contributed by atoms with Crippen molar-refractivity contribution in [1.29, 1.82) is 0 Å². The zero-order valence-corrected chi connectivity index (χ0v) is 12.8. The lowest BCUT2D eigenvalue weighted by molar-refractivity contribution is 0.0636. The van der Waals surface area contributed by atoms with Gasteiger partial charge in [0.05, 0.1) is 13.2 Å². The highest BCUT2D eigenvalue weighted by molar-refractivity contribution is 5.85. The second-order valence-electron chi connectivity index (χ2n) is 5.61. The molecule has 1 amide bonds. The van der Waals surface area contributed by atoms with Crippen molar-refractivity contribution in [1.82, 2.24) is 0 Å². The fourth-order valence-electron chi connectivity index (χ4n) is 1.79. The maximum absolute atomic E-state index is 11.6. The Hall–Kier alpha value is -1.79. The number of rotatable bonds is 6. The van der Waals surface area contributed by atoms with Crippen LogP contribution in [0.25, 0.3) is 0 Å². The Kier molecular flexibility index (Phi) is 6.45. The number of hydrogen-bond donors (Lipinski definition) is 3. The molecule has 0 saturated carbocycles. The van der Waals surface area contributed by atoms with Crippen molar-refractivity contribution in [2.75, 3.05) is 36.5 Å². The summed E-state index contributed by atoms with van der Waals surface area (Å²) in [5.74, 6) is 0. The molecule has 1 aromatic carbocycles. The SMILES string of the molecule is CC(C)(C)OC(=O)Nc1ccc(N(CCO)CCO)cc1. The van der Waals surface area contributed by atoms with Crippen molar-refractivity contribution in [3.63, 3.8) is 0 Å². The highest BCUT2D eigenvalue weighted by Gasteiger charge is 2.16. The van der Waals surface area contributed by atoms with Crippen LogP contribution in [0.1, 0.15) is 20.8 Å². The topological polar surface area (TPSA) is 82.0 Å². The first-order chi connectivity index (χ1) is 9.85. The molecule has 0 aliphatic heterocycles. The number of carbonyl (C=O) groups is 1. The molecule has 0 unspecified atom stereocenters. The number of ether oxygens (including phenoxy) is 1. The van der Waals surface area contributed by atoms with Gasteiger partial charge in [0.1, 0.15) is 5.60 Å². The van der Waals surface area contributed by atoms with Gasteiger partial charge in [-0.15, -0.1) is 0 Å². The summed E-state index contributed by atoms with van der Waals surface area (Å²) in [6, 6.07) is 7.14. The van der Waals surface area contributed by atoms with Crippen LogP contribution in [0.4, 0.5) is 16.2 Å². The Morgan fingerprint density at radius 1 is 1.14 bits per heavy atom. The minimum Gasteiger partial charge on any atom is -0.444 e. The van der Waals surface area contributed by atoms with Crippen molar-refractivity contribution < 1.29 is 19.7 Å². The Balaban J connectivity index is 2.66. The van der Waals surface area contributed by atoms with Crippen LogP contribution < -0.4 is 10.2 Å². The van der Waals surface area contributed by atoms with E-state index in [-0.39, 0.29) is 13.2 Å². The summed E-state index contributed by atoms with van der Waals surface area (Å²) in [5.41, 5.74) is 0.956. The number of nitrogens with one attached hydrogen (secondary N) is 1. The zero-order chi connectivity index (χ0) is 15.9. The molecule has 0 aliphatic carbocycles. The molecular formula is C15H24N2O4. The molecule has 1 rings (SSSR count). The lowest BCUT2D eigenvalue weighted by atomic mass is 10.2. The van der Waals surface area contributed by atoms with Gasteiger partial charge >= 0.3 is 6.09 Å². The molecule has 0 fully saturated rings. The van der Waals surface area contributed by atoms with Crippen molar-refractivity contribution in [2.45, 2.75) is 26.4 Å². The van der Waals surface area contributed by atoms with Crippen molar-refractivity contribution in [3.8, 4) is 0 Å². The molecule has 6 heteroatoms. The summed E-state index contributed by atoms with van der Waals surface area (Å²) in [5, 5.41) is 20.7. The van der Waals surface area contributed by atoms with E-state index in [0.717, 1.165) is 5.69 Å². The maximum atomic E-state index is 11.6. The molecule has 0 spiro atoms. The molecule has 1 aromatic rings. The van der Waals surface area contributed by atoms with Crippen molar-refractivity contribution in [2.24, 2.45) is 0 Å². The lowest BCUT2D eigenvalue weighted by Gasteiger charge is -2.23. The van der Waals surface area contributed by atoms with E-state index in [9.17, 15) is 4.79 Å². The van der Waals surface area contributed by atoms with E-state index in [0.29, 0.717) is 18.8 Å². The Labute approximate surface area is 125 Å². The number of hydrogen-bond acceptors (Lipinski definition) is 5. The molecule has 3 N–H and O–H groups in total. The van der Waals surface area contributed by atoms with E-state index >= 15 is 0 Å². The third-order valence-electron chi connectivity index (χ3n) is 2.62. The molecule has 0 bridgehead atoms. The van der Waals surface area contributed by atoms with Gasteiger partial charge < -0.3 is 19.8 Å². The van der Waals surface area contributed by atoms with Crippen LogP contribution in [0.5, 0.6) is 0 Å². The highest BCUT2D eigenvalue weighted by atomic mass is 16.6. The van der Waals surface area contributed by atoms with Crippen molar-refractivity contribution >= 4 is 17.5 Å². The number of amides is 1. The predicted octanol–water partition coefficient (Wildman–Crippen LogP) is 1.82. The van der Waals surface area contributed by atoms with Gasteiger partial charge in [0.25, 0.3) is 0 Å². The van der Waals surface area contributed by atoms with E-state index < -0.39 is 11.7 Å². The van der Waals surface area contributed by atoms with E-state index in [4.69, 9.17) is 14.9 Å². The van der Waals surface area contributed by atoms with Gasteiger partial charge in [0.2, 0.25) is 0 Å². The smallest absolute Gasteiger partial charge is 0.412 e. The third-order valence-corrected chi connectivity index (χ3v) is 2.62. The third kappa shape index (κ3) is 6.46. The molecule has 0 atom stereocenters. The second-order valence-corrected chi connectivity index (χ2v) is 5.61. The van der Waals surface area contributed by atoms with Gasteiger partial charge in [-0.25, -0.2) is 4.79 Å². The van der Waals surface area contributed by atoms with Crippen LogP contribution in [-0.2, 0) is 4.74 Å². The molecular weight excluding hydrogens is 272 g/mol. The zero-order valence-electron chi connectivity index (χ0n) is 12.8. The van der Waals surface area contributed by atoms with E-state index in [1.54, 1.807) is 32.9 Å². The molecule has 21 heavy (non-hydrogen) atoms. The summed E-state index contributed by atoms with van der Waals surface area (Å²) in [4.78, 5) is 13.5. The van der Waals surface area contributed by atoms with Crippen LogP contribution in [0.15, 0.2) is 24.3 Å². The van der Waals surface area contributed by atoms with Crippen molar-refractivity contribution in [3.05, 3.63) is 24.3 Å². The Morgan fingerprint density at radius 2 is 1.67 bits per heavy atom. The predicted molar refractivity (Wildman–Crippen MR) is 82.7 cm³/mol. The molecule has 0 aliphatic rings. The van der Waals surface area contributed by atoms with Crippen LogP contribution in [0.3, 0.4) is 0 Å². The summed E-state index contributed by atoms with van der Waals surface area (Å²) in [6.45, 7) is 6.32. The van der Waals surface area contributed by atoms with Gasteiger partial charge in [-0.2, -0.15) is 0 Å². The highest BCUT2D eigenvalue weighted by Crippen LogP contribution is 2.18. The number of benzene rings is 1. The normalized spacial score (nSPS) is 11.1. The lowest BCUT2D eigenvalue weighted by Crippen LogP contribution is -2.29.